The number of hydrogen-bond acceptors (Lipinski definition) is 5. The molecule has 0 radical (unpaired) electrons. The number of hydrogen-bond donors (Lipinski definition) is 0. The predicted octanol–water partition coefficient (Wildman–Crippen LogP) is 4.62. The highest BCUT2D eigenvalue weighted by molar-refractivity contribution is 6.30. The molecule has 3 rings (SSSR count). The Morgan fingerprint density at radius 1 is 1.00 bits per heavy atom. The van der Waals surface area contributed by atoms with Gasteiger partial charge in [0.05, 0.1) is 13.2 Å². The monoisotopic (exact) mass is 367 g/mol. The number of nitriles is 1. The van der Waals surface area contributed by atoms with Crippen molar-refractivity contribution in [3.8, 4) is 6.07 Å². The summed E-state index contributed by atoms with van der Waals surface area (Å²) >= 11 is 6.00. The van der Waals surface area contributed by atoms with Crippen molar-refractivity contribution in [2.45, 2.75) is 24.9 Å². The summed E-state index contributed by atoms with van der Waals surface area (Å²) in [6.07, 6.45) is 0. The van der Waals surface area contributed by atoms with Gasteiger partial charge in [0, 0.05) is 5.02 Å². The molecule has 1 aliphatic rings. The molecule has 0 aliphatic carbocycles. The minimum atomic E-state index is -1.68. The molecule has 0 unspecified atom stereocenters. The van der Waals surface area contributed by atoms with Crippen LogP contribution in [-0.4, -0.2) is 13.1 Å². The van der Waals surface area contributed by atoms with Crippen LogP contribution < -0.4 is 0 Å². The van der Waals surface area contributed by atoms with Gasteiger partial charge < -0.3 is 4.74 Å². The molecule has 3 atom stereocenters. The van der Waals surface area contributed by atoms with Crippen molar-refractivity contribution in [3.63, 3.8) is 0 Å². The van der Waals surface area contributed by atoms with Crippen LogP contribution in [0.2, 0.25) is 5.02 Å². The third-order valence-corrected chi connectivity index (χ3v) is 5.56. The van der Waals surface area contributed by atoms with Gasteiger partial charge in [-0.15, -0.1) is 0 Å². The topological polar surface area (TPSA) is 74.8 Å². The van der Waals surface area contributed by atoms with E-state index in [0.29, 0.717) is 16.1 Å². The van der Waals surface area contributed by atoms with Crippen LogP contribution in [0.5, 0.6) is 0 Å². The lowest BCUT2D eigenvalue weighted by atomic mass is 9.57. The Bertz CT molecular complexity index is 907. The van der Waals surface area contributed by atoms with Crippen molar-refractivity contribution in [2.24, 2.45) is 15.6 Å². The molecule has 2 aromatic carbocycles. The minimum Gasteiger partial charge on any atom is -0.468 e. The molecule has 26 heavy (non-hydrogen) atoms. The molecule has 1 aliphatic heterocycles. The maximum atomic E-state index is 13.0. The van der Waals surface area contributed by atoms with Crippen molar-refractivity contribution >= 4 is 17.6 Å². The van der Waals surface area contributed by atoms with Crippen LogP contribution in [-0.2, 0) is 20.6 Å². The molecule has 132 valence electrons. The van der Waals surface area contributed by atoms with E-state index in [2.05, 4.69) is 16.3 Å². The van der Waals surface area contributed by atoms with Crippen LogP contribution in [0.15, 0.2) is 64.8 Å². The smallest absolute Gasteiger partial charge is 0.332 e. The first-order valence-electron chi connectivity index (χ1n) is 8.11. The van der Waals surface area contributed by atoms with Crippen LogP contribution in [0.4, 0.5) is 0 Å². The molecular formula is C20H18ClN3O2. The lowest BCUT2D eigenvalue weighted by molar-refractivity contribution is -0.155. The lowest BCUT2D eigenvalue weighted by Gasteiger charge is -2.41. The lowest BCUT2D eigenvalue weighted by Crippen LogP contribution is -2.55. The minimum absolute atomic E-state index is 0.554. The largest absolute Gasteiger partial charge is 0.468 e. The number of nitrogens with zero attached hydrogens (tertiary/aromatic N) is 3. The van der Waals surface area contributed by atoms with Gasteiger partial charge >= 0.3 is 5.97 Å². The average molecular weight is 368 g/mol. The van der Waals surface area contributed by atoms with E-state index in [1.165, 1.54) is 7.11 Å². The Hall–Kier alpha value is -2.71. The van der Waals surface area contributed by atoms with E-state index in [0.717, 1.165) is 0 Å². The van der Waals surface area contributed by atoms with Gasteiger partial charge in [-0.2, -0.15) is 15.5 Å². The second-order valence-electron chi connectivity index (χ2n) is 6.57. The summed E-state index contributed by atoms with van der Waals surface area (Å²) in [7, 11) is 1.27. The van der Waals surface area contributed by atoms with Crippen LogP contribution in [0.25, 0.3) is 0 Å². The molecule has 0 bridgehead atoms. The van der Waals surface area contributed by atoms with Crippen molar-refractivity contribution < 1.29 is 9.53 Å². The number of carbonyl (C=O) groups is 1. The predicted molar refractivity (Wildman–Crippen MR) is 97.5 cm³/mol. The number of methoxy groups -OCH3 is 1. The SMILES string of the molecule is COC(=O)[C@@]1(C#N)[C@@](C)(c2ccccc2)N=N[C@]1(C)c1ccc(Cl)cc1. The van der Waals surface area contributed by atoms with E-state index in [9.17, 15) is 10.1 Å². The zero-order valence-electron chi connectivity index (χ0n) is 14.7. The number of carbonyl (C=O) groups excluding carboxylic acids is 1. The first-order chi connectivity index (χ1) is 12.4. The quantitative estimate of drug-likeness (QED) is 0.743. The summed E-state index contributed by atoms with van der Waals surface area (Å²) in [6.45, 7) is 3.47. The summed E-state index contributed by atoms with van der Waals surface area (Å²) in [5, 5.41) is 19.7. The Kier molecular flexibility index (Phi) is 4.33. The number of azo groups is 1. The van der Waals surface area contributed by atoms with Gasteiger partial charge in [-0.25, -0.2) is 0 Å². The molecule has 0 spiro atoms. The third kappa shape index (κ3) is 2.19. The molecule has 0 amide bonds. The fourth-order valence-corrected chi connectivity index (χ4v) is 3.85. The first kappa shape index (κ1) is 18.1. The van der Waals surface area contributed by atoms with Gasteiger partial charge in [-0.1, -0.05) is 54.1 Å². The molecule has 6 heteroatoms. The number of halogens is 1. The summed E-state index contributed by atoms with van der Waals surface area (Å²) in [4.78, 5) is 13.0. The van der Waals surface area contributed by atoms with Crippen LogP contribution >= 0.6 is 11.6 Å². The number of ether oxygens (including phenoxy) is 1. The fraction of sp³-hybridized carbons (Fsp3) is 0.300. The molecule has 0 fully saturated rings. The standard InChI is InChI=1S/C20H18ClN3O2/c1-18(14-7-5-4-6-8-14)20(13-22,17(25)26-3)19(2,24-23-18)15-9-11-16(21)12-10-15/h4-12H,1-3H3/t18-,19-,20+/m1/s1. The highest BCUT2D eigenvalue weighted by Crippen LogP contribution is 2.61. The van der Waals surface area contributed by atoms with Gasteiger partial charge in [-0.05, 0) is 37.1 Å². The highest BCUT2D eigenvalue weighted by Gasteiger charge is 2.72. The zero-order chi connectivity index (χ0) is 19.0. The van der Waals surface area contributed by atoms with Gasteiger partial charge in [-0.3, -0.25) is 4.79 Å². The molecule has 2 aromatic rings. The number of rotatable bonds is 3. The van der Waals surface area contributed by atoms with E-state index < -0.39 is 22.5 Å². The maximum absolute atomic E-state index is 13.0. The Labute approximate surface area is 157 Å². The van der Waals surface area contributed by atoms with Crippen molar-refractivity contribution in [1.29, 1.82) is 5.26 Å². The third-order valence-electron chi connectivity index (χ3n) is 5.31. The van der Waals surface area contributed by atoms with E-state index >= 15 is 0 Å². The Balaban J connectivity index is 2.31. The van der Waals surface area contributed by atoms with Gasteiger partial charge in [0.2, 0.25) is 5.41 Å². The zero-order valence-corrected chi connectivity index (χ0v) is 15.5. The van der Waals surface area contributed by atoms with Crippen LogP contribution in [0.3, 0.4) is 0 Å². The molecule has 1 heterocycles. The van der Waals surface area contributed by atoms with Gasteiger partial charge in [0.25, 0.3) is 0 Å². The molecule has 5 nitrogen and oxygen atoms in total. The maximum Gasteiger partial charge on any atom is 0.332 e. The summed E-state index contributed by atoms with van der Waals surface area (Å²) < 4.78 is 5.08. The number of benzene rings is 2. The second-order valence-corrected chi connectivity index (χ2v) is 7.01. The van der Waals surface area contributed by atoms with E-state index in [1.54, 1.807) is 38.1 Å². The first-order valence-corrected chi connectivity index (χ1v) is 8.49. The second kappa shape index (κ2) is 6.22. The number of esters is 1. The average Bonchev–Trinajstić information content (AvgIpc) is 2.92. The van der Waals surface area contributed by atoms with Gasteiger partial charge in [0.1, 0.15) is 11.1 Å². The highest BCUT2D eigenvalue weighted by atomic mass is 35.5. The van der Waals surface area contributed by atoms with Gasteiger partial charge in [0.15, 0.2) is 0 Å². The van der Waals surface area contributed by atoms with E-state index in [-0.39, 0.29) is 0 Å². The normalized spacial score (nSPS) is 30.0. The van der Waals surface area contributed by atoms with Crippen LogP contribution in [0, 0.1) is 16.7 Å². The van der Waals surface area contributed by atoms with Crippen molar-refractivity contribution in [3.05, 3.63) is 70.7 Å². The molecule has 0 N–H and O–H groups in total. The summed E-state index contributed by atoms with van der Waals surface area (Å²) in [6, 6.07) is 18.4. The summed E-state index contributed by atoms with van der Waals surface area (Å²) in [5.41, 5.74) is -2.73. The van der Waals surface area contributed by atoms with Crippen molar-refractivity contribution in [1.82, 2.24) is 0 Å². The van der Waals surface area contributed by atoms with E-state index in [4.69, 9.17) is 16.3 Å². The molecule has 0 saturated heterocycles. The Morgan fingerprint density at radius 2 is 1.50 bits per heavy atom. The molecule has 0 saturated carbocycles. The summed E-state index contributed by atoms with van der Waals surface area (Å²) in [5.74, 6) is -0.672. The molecular weight excluding hydrogens is 350 g/mol. The van der Waals surface area contributed by atoms with Crippen molar-refractivity contribution in [2.75, 3.05) is 7.11 Å². The molecule has 0 aromatic heterocycles. The Morgan fingerprint density at radius 3 is 1.96 bits per heavy atom. The fourth-order valence-electron chi connectivity index (χ4n) is 3.72. The van der Waals surface area contributed by atoms with E-state index in [1.807, 2.05) is 30.3 Å². The van der Waals surface area contributed by atoms with Crippen LogP contribution in [0.1, 0.15) is 25.0 Å².